The van der Waals surface area contributed by atoms with Crippen LogP contribution in [-0.2, 0) is 0 Å². The standard InChI is InChI=1S/C10H15N3/c1-9-2-3-12-10(8-9)13-6-4-11-5-7-13/h2-3,8,11H,4-7H2,1H3. The van der Waals surface area contributed by atoms with E-state index in [2.05, 4.69) is 28.2 Å². The van der Waals surface area contributed by atoms with E-state index < -0.39 is 0 Å². The minimum atomic E-state index is 1.07. The van der Waals surface area contributed by atoms with Crippen molar-refractivity contribution in [1.82, 2.24) is 10.3 Å². The van der Waals surface area contributed by atoms with Crippen LogP contribution in [0.25, 0.3) is 0 Å². The molecular formula is C10H15N3. The van der Waals surface area contributed by atoms with E-state index >= 15 is 0 Å². The summed E-state index contributed by atoms with van der Waals surface area (Å²) in [6, 6.07) is 4.18. The van der Waals surface area contributed by atoms with Crippen molar-refractivity contribution in [2.24, 2.45) is 0 Å². The van der Waals surface area contributed by atoms with Crippen LogP contribution in [0.2, 0.25) is 0 Å². The van der Waals surface area contributed by atoms with Crippen LogP contribution < -0.4 is 10.2 Å². The van der Waals surface area contributed by atoms with E-state index in [0.29, 0.717) is 0 Å². The Balaban J connectivity index is 2.14. The van der Waals surface area contributed by atoms with Gasteiger partial charge in [-0.1, -0.05) is 0 Å². The molecule has 0 aromatic carbocycles. The molecule has 1 saturated heterocycles. The van der Waals surface area contributed by atoms with Crippen LogP contribution in [0.5, 0.6) is 0 Å². The summed E-state index contributed by atoms with van der Waals surface area (Å²) >= 11 is 0. The molecule has 0 spiro atoms. The van der Waals surface area contributed by atoms with E-state index in [0.717, 1.165) is 32.0 Å². The second kappa shape index (κ2) is 3.75. The molecule has 1 aromatic heterocycles. The zero-order valence-electron chi connectivity index (χ0n) is 7.95. The Morgan fingerprint density at radius 2 is 2.15 bits per heavy atom. The molecule has 1 aliphatic rings. The maximum atomic E-state index is 4.36. The number of piperazine rings is 1. The van der Waals surface area contributed by atoms with Crippen LogP contribution in [0.15, 0.2) is 18.3 Å². The Morgan fingerprint density at radius 3 is 2.85 bits per heavy atom. The molecule has 0 unspecified atom stereocenters. The number of rotatable bonds is 1. The molecular weight excluding hydrogens is 162 g/mol. The van der Waals surface area contributed by atoms with Gasteiger partial charge in [-0.05, 0) is 24.6 Å². The smallest absolute Gasteiger partial charge is 0.128 e. The van der Waals surface area contributed by atoms with Crippen LogP contribution in [-0.4, -0.2) is 31.2 Å². The summed E-state index contributed by atoms with van der Waals surface area (Å²) in [6.45, 7) is 6.37. The predicted octanol–water partition coefficient (Wildman–Crippen LogP) is 0.800. The van der Waals surface area contributed by atoms with Crippen molar-refractivity contribution in [2.75, 3.05) is 31.1 Å². The average Bonchev–Trinajstić information content (AvgIpc) is 2.19. The van der Waals surface area contributed by atoms with E-state index in [1.807, 2.05) is 12.3 Å². The fraction of sp³-hybridized carbons (Fsp3) is 0.500. The number of pyridine rings is 1. The van der Waals surface area contributed by atoms with Gasteiger partial charge in [0.2, 0.25) is 0 Å². The summed E-state index contributed by atoms with van der Waals surface area (Å²) in [4.78, 5) is 6.68. The lowest BCUT2D eigenvalue weighted by molar-refractivity contribution is 0.585. The molecule has 2 rings (SSSR count). The van der Waals surface area contributed by atoms with Gasteiger partial charge in [0, 0.05) is 32.4 Å². The Morgan fingerprint density at radius 1 is 1.38 bits per heavy atom. The highest BCUT2D eigenvalue weighted by Crippen LogP contribution is 2.11. The lowest BCUT2D eigenvalue weighted by Crippen LogP contribution is -2.43. The molecule has 1 aliphatic heterocycles. The molecule has 0 bridgehead atoms. The third-order valence-corrected chi connectivity index (χ3v) is 2.34. The maximum Gasteiger partial charge on any atom is 0.128 e. The zero-order valence-corrected chi connectivity index (χ0v) is 7.95. The van der Waals surface area contributed by atoms with Gasteiger partial charge in [-0.2, -0.15) is 0 Å². The highest BCUT2D eigenvalue weighted by molar-refractivity contribution is 5.41. The molecule has 0 amide bonds. The number of nitrogens with zero attached hydrogens (tertiary/aromatic N) is 2. The highest BCUT2D eigenvalue weighted by atomic mass is 15.2. The van der Waals surface area contributed by atoms with Gasteiger partial charge in [0.05, 0.1) is 0 Å². The Hall–Kier alpha value is -1.09. The molecule has 2 heterocycles. The SMILES string of the molecule is Cc1ccnc(N2CCNCC2)c1. The molecule has 0 radical (unpaired) electrons. The molecule has 13 heavy (non-hydrogen) atoms. The quantitative estimate of drug-likeness (QED) is 0.687. The van der Waals surface area contributed by atoms with Crippen molar-refractivity contribution in [3.63, 3.8) is 0 Å². The predicted molar refractivity (Wildman–Crippen MR) is 54.1 cm³/mol. The van der Waals surface area contributed by atoms with Gasteiger partial charge in [-0.15, -0.1) is 0 Å². The van der Waals surface area contributed by atoms with E-state index in [1.165, 1.54) is 5.56 Å². The van der Waals surface area contributed by atoms with Crippen LogP contribution >= 0.6 is 0 Å². The molecule has 3 heteroatoms. The number of anilines is 1. The lowest BCUT2D eigenvalue weighted by atomic mass is 10.2. The van der Waals surface area contributed by atoms with Crippen molar-refractivity contribution in [1.29, 1.82) is 0 Å². The van der Waals surface area contributed by atoms with E-state index in [-0.39, 0.29) is 0 Å². The first-order chi connectivity index (χ1) is 6.36. The Labute approximate surface area is 78.8 Å². The second-order valence-corrected chi connectivity index (χ2v) is 3.43. The Bertz CT molecular complexity index is 279. The number of nitrogens with one attached hydrogen (secondary N) is 1. The fourth-order valence-corrected chi connectivity index (χ4v) is 1.59. The Kier molecular flexibility index (Phi) is 2.45. The number of aromatic nitrogens is 1. The minimum absolute atomic E-state index is 1.07. The maximum absolute atomic E-state index is 4.36. The molecule has 70 valence electrons. The summed E-state index contributed by atoms with van der Waals surface area (Å²) in [5.41, 5.74) is 1.28. The van der Waals surface area contributed by atoms with Crippen LogP contribution in [0.4, 0.5) is 5.82 Å². The van der Waals surface area contributed by atoms with E-state index in [1.54, 1.807) is 0 Å². The van der Waals surface area contributed by atoms with Crippen LogP contribution in [0, 0.1) is 6.92 Å². The van der Waals surface area contributed by atoms with Gasteiger partial charge in [0.25, 0.3) is 0 Å². The second-order valence-electron chi connectivity index (χ2n) is 3.43. The summed E-state index contributed by atoms with van der Waals surface area (Å²) < 4.78 is 0. The zero-order chi connectivity index (χ0) is 9.10. The van der Waals surface area contributed by atoms with Gasteiger partial charge >= 0.3 is 0 Å². The first-order valence-corrected chi connectivity index (χ1v) is 4.74. The highest BCUT2D eigenvalue weighted by Gasteiger charge is 2.10. The van der Waals surface area contributed by atoms with E-state index in [9.17, 15) is 0 Å². The van der Waals surface area contributed by atoms with Crippen molar-refractivity contribution >= 4 is 5.82 Å². The number of hydrogen-bond acceptors (Lipinski definition) is 3. The third-order valence-electron chi connectivity index (χ3n) is 2.34. The van der Waals surface area contributed by atoms with Gasteiger partial charge in [0.1, 0.15) is 5.82 Å². The van der Waals surface area contributed by atoms with Crippen molar-refractivity contribution < 1.29 is 0 Å². The normalized spacial score (nSPS) is 17.5. The topological polar surface area (TPSA) is 28.2 Å². The molecule has 0 aliphatic carbocycles. The molecule has 3 nitrogen and oxygen atoms in total. The number of aryl methyl sites for hydroxylation is 1. The van der Waals surface area contributed by atoms with Crippen molar-refractivity contribution in [2.45, 2.75) is 6.92 Å². The molecule has 0 saturated carbocycles. The van der Waals surface area contributed by atoms with Gasteiger partial charge in [0.15, 0.2) is 0 Å². The van der Waals surface area contributed by atoms with Gasteiger partial charge < -0.3 is 10.2 Å². The lowest BCUT2D eigenvalue weighted by Gasteiger charge is -2.28. The van der Waals surface area contributed by atoms with E-state index in [4.69, 9.17) is 0 Å². The first kappa shape index (κ1) is 8.51. The van der Waals surface area contributed by atoms with Gasteiger partial charge in [-0.25, -0.2) is 4.98 Å². The van der Waals surface area contributed by atoms with Crippen molar-refractivity contribution in [3.05, 3.63) is 23.9 Å². The summed E-state index contributed by atoms with van der Waals surface area (Å²) in [7, 11) is 0. The summed E-state index contributed by atoms with van der Waals surface area (Å²) in [5.74, 6) is 1.11. The monoisotopic (exact) mass is 177 g/mol. The minimum Gasteiger partial charge on any atom is -0.354 e. The third kappa shape index (κ3) is 1.98. The molecule has 1 fully saturated rings. The first-order valence-electron chi connectivity index (χ1n) is 4.74. The average molecular weight is 177 g/mol. The van der Waals surface area contributed by atoms with Crippen LogP contribution in [0.1, 0.15) is 5.56 Å². The molecule has 1 aromatic rings. The fourth-order valence-electron chi connectivity index (χ4n) is 1.59. The molecule has 1 N–H and O–H groups in total. The largest absolute Gasteiger partial charge is 0.354 e. The summed E-state index contributed by atoms with van der Waals surface area (Å²) in [6.07, 6.45) is 1.88. The van der Waals surface area contributed by atoms with Crippen LogP contribution in [0.3, 0.4) is 0 Å². The molecule has 0 atom stereocenters. The van der Waals surface area contributed by atoms with Crippen molar-refractivity contribution in [3.8, 4) is 0 Å². The number of hydrogen-bond donors (Lipinski definition) is 1. The summed E-state index contributed by atoms with van der Waals surface area (Å²) in [5, 5.41) is 3.33. The van der Waals surface area contributed by atoms with Gasteiger partial charge in [-0.3, -0.25) is 0 Å².